The summed E-state index contributed by atoms with van der Waals surface area (Å²) in [6.45, 7) is 6.56. The first-order valence-corrected chi connectivity index (χ1v) is 5.46. The highest BCUT2D eigenvalue weighted by atomic mass is 16.6. The lowest BCUT2D eigenvalue weighted by Gasteiger charge is -2.36. The Morgan fingerprint density at radius 3 is 2.57 bits per heavy atom. The fourth-order valence-electron chi connectivity index (χ4n) is 2.40. The predicted octanol–water partition coefficient (Wildman–Crippen LogP) is 2.54. The van der Waals surface area contributed by atoms with Gasteiger partial charge in [-0.2, -0.15) is 0 Å². The van der Waals surface area contributed by atoms with Gasteiger partial charge in [-0.25, -0.2) is 4.79 Å². The number of rotatable bonds is 2. The third kappa shape index (κ3) is 2.89. The number of ether oxygens (including phenoxy) is 1. The molecule has 1 aliphatic rings. The SMILES string of the molecule is CC(C)[C@@H]1CC[C@H](C)C[C@H]1OC(N)=O. The third-order valence-corrected chi connectivity index (χ3v) is 3.23. The molecule has 3 nitrogen and oxygen atoms in total. The van der Waals surface area contributed by atoms with Crippen molar-refractivity contribution in [2.45, 2.75) is 46.1 Å². The van der Waals surface area contributed by atoms with Gasteiger partial charge in [0.2, 0.25) is 0 Å². The molecule has 0 saturated heterocycles. The molecule has 0 aromatic heterocycles. The second-order valence-corrected chi connectivity index (χ2v) is 4.80. The number of carbonyl (C=O) groups excluding carboxylic acids is 1. The van der Waals surface area contributed by atoms with Gasteiger partial charge in [-0.15, -0.1) is 0 Å². The fraction of sp³-hybridized carbons (Fsp3) is 0.909. The van der Waals surface area contributed by atoms with E-state index in [1.54, 1.807) is 0 Å². The van der Waals surface area contributed by atoms with Crippen molar-refractivity contribution in [3.05, 3.63) is 0 Å². The van der Waals surface area contributed by atoms with Crippen LogP contribution in [0.4, 0.5) is 4.79 Å². The zero-order valence-electron chi connectivity index (χ0n) is 9.32. The molecule has 3 atom stereocenters. The lowest BCUT2D eigenvalue weighted by Crippen LogP contribution is -2.37. The summed E-state index contributed by atoms with van der Waals surface area (Å²) >= 11 is 0. The van der Waals surface area contributed by atoms with Crippen LogP contribution in [0.1, 0.15) is 40.0 Å². The number of hydrogen-bond donors (Lipinski definition) is 1. The van der Waals surface area contributed by atoms with Gasteiger partial charge in [0.05, 0.1) is 0 Å². The Morgan fingerprint density at radius 1 is 1.43 bits per heavy atom. The Labute approximate surface area is 86.0 Å². The van der Waals surface area contributed by atoms with E-state index in [1.807, 2.05) is 0 Å². The van der Waals surface area contributed by atoms with Crippen LogP contribution >= 0.6 is 0 Å². The van der Waals surface area contributed by atoms with Crippen LogP contribution in [0.3, 0.4) is 0 Å². The predicted molar refractivity (Wildman–Crippen MR) is 55.8 cm³/mol. The minimum absolute atomic E-state index is 0.0382. The van der Waals surface area contributed by atoms with Crippen molar-refractivity contribution >= 4 is 6.09 Å². The fourth-order valence-corrected chi connectivity index (χ4v) is 2.40. The van der Waals surface area contributed by atoms with Gasteiger partial charge in [-0.3, -0.25) is 0 Å². The Morgan fingerprint density at radius 2 is 2.07 bits per heavy atom. The van der Waals surface area contributed by atoms with Gasteiger partial charge < -0.3 is 10.5 Å². The first-order chi connectivity index (χ1) is 6.50. The summed E-state index contributed by atoms with van der Waals surface area (Å²) in [4.78, 5) is 10.7. The summed E-state index contributed by atoms with van der Waals surface area (Å²) in [6, 6.07) is 0. The molecule has 0 bridgehead atoms. The number of hydrogen-bond acceptors (Lipinski definition) is 2. The molecule has 14 heavy (non-hydrogen) atoms. The molecule has 1 aliphatic carbocycles. The van der Waals surface area contributed by atoms with E-state index in [1.165, 1.54) is 6.42 Å². The molecule has 0 radical (unpaired) electrons. The zero-order chi connectivity index (χ0) is 10.7. The third-order valence-electron chi connectivity index (χ3n) is 3.23. The number of amides is 1. The number of primary amides is 1. The second-order valence-electron chi connectivity index (χ2n) is 4.80. The molecule has 1 rings (SSSR count). The van der Waals surface area contributed by atoms with Gasteiger partial charge in [0.25, 0.3) is 0 Å². The molecule has 0 heterocycles. The minimum Gasteiger partial charge on any atom is -0.446 e. The lowest BCUT2D eigenvalue weighted by atomic mass is 9.75. The van der Waals surface area contributed by atoms with Gasteiger partial charge in [0, 0.05) is 0 Å². The van der Waals surface area contributed by atoms with Crippen LogP contribution in [0.5, 0.6) is 0 Å². The van der Waals surface area contributed by atoms with Crippen molar-refractivity contribution < 1.29 is 9.53 Å². The van der Waals surface area contributed by atoms with E-state index in [4.69, 9.17) is 10.5 Å². The maximum absolute atomic E-state index is 10.7. The van der Waals surface area contributed by atoms with Crippen molar-refractivity contribution in [3.8, 4) is 0 Å². The molecule has 82 valence electrons. The Hall–Kier alpha value is -0.730. The largest absolute Gasteiger partial charge is 0.446 e. The summed E-state index contributed by atoms with van der Waals surface area (Å²) in [5.41, 5.74) is 5.07. The Bertz CT molecular complexity index is 203. The smallest absolute Gasteiger partial charge is 0.404 e. The summed E-state index contributed by atoms with van der Waals surface area (Å²) in [5.74, 6) is 1.69. The number of nitrogens with two attached hydrogens (primary N) is 1. The van der Waals surface area contributed by atoms with Gasteiger partial charge in [-0.05, 0) is 30.6 Å². The van der Waals surface area contributed by atoms with E-state index >= 15 is 0 Å². The topological polar surface area (TPSA) is 52.3 Å². The minimum atomic E-state index is -0.630. The Balaban J connectivity index is 2.58. The van der Waals surface area contributed by atoms with Gasteiger partial charge in [0.1, 0.15) is 6.10 Å². The normalized spacial score (nSPS) is 33.0. The van der Waals surface area contributed by atoms with Gasteiger partial charge in [0.15, 0.2) is 0 Å². The molecule has 0 aromatic carbocycles. The Kier molecular flexibility index (Phi) is 3.78. The molecule has 1 fully saturated rings. The van der Waals surface area contributed by atoms with Crippen LogP contribution in [0.25, 0.3) is 0 Å². The average Bonchev–Trinajstić information content (AvgIpc) is 2.01. The molecule has 0 spiro atoms. The van der Waals surface area contributed by atoms with E-state index in [0.717, 1.165) is 12.8 Å². The highest BCUT2D eigenvalue weighted by Crippen LogP contribution is 2.35. The van der Waals surface area contributed by atoms with Crippen molar-refractivity contribution in [1.29, 1.82) is 0 Å². The van der Waals surface area contributed by atoms with Crippen LogP contribution in [-0.2, 0) is 4.74 Å². The molecule has 0 unspecified atom stereocenters. The molecular weight excluding hydrogens is 178 g/mol. The van der Waals surface area contributed by atoms with Crippen molar-refractivity contribution in [2.75, 3.05) is 0 Å². The van der Waals surface area contributed by atoms with Crippen LogP contribution in [0.2, 0.25) is 0 Å². The maximum atomic E-state index is 10.7. The van der Waals surface area contributed by atoms with E-state index in [-0.39, 0.29) is 6.10 Å². The summed E-state index contributed by atoms with van der Waals surface area (Å²) in [7, 11) is 0. The molecule has 0 aliphatic heterocycles. The lowest BCUT2D eigenvalue weighted by molar-refractivity contribution is 0.0105. The highest BCUT2D eigenvalue weighted by Gasteiger charge is 2.32. The van der Waals surface area contributed by atoms with Gasteiger partial charge in [-0.1, -0.05) is 27.2 Å². The summed E-state index contributed by atoms with van der Waals surface area (Å²) in [6.07, 6.45) is 2.76. The summed E-state index contributed by atoms with van der Waals surface area (Å²) in [5, 5.41) is 0. The van der Waals surface area contributed by atoms with Crippen LogP contribution < -0.4 is 5.73 Å². The van der Waals surface area contributed by atoms with Crippen molar-refractivity contribution in [1.82, 2.24) is 0 Å². The van der Waals surface area contributed by atoms with E-state index in [9.17, 15) is 4.79 Å². The molecule has 1 saturated carbocycles. The molecule has 2 N–H and O–H groups in total. The second kappa shape index (κ2) is 4.67. The standard InChI is InChI=1S/C11H21NO2/c1-7(2)9-5-4-8(3)6-10(9)14-11(12)13/h7-10H,4-6H2,1-3H3,(H2,12,13)/t8-,9-,10+/m0/s1. The summed E-state index contributed by atoms with van der Waals surface area (Å²) < 4.78 is 5.17. The van der Waals surface area contributed by atoms with E-state index in [0.29, 0.717) is 17.8 Å². The quantitative estimate of drug-likeness (QED) is 0.743. The molecule has 0 aromatic rings. The maximum Gasteiger partial charge on any atom is 0.404 e. The van der Waals surface area contributed by atoms with Gasteiger partial charge >= 0.3 is 6.09 Å². The molecule has 3 heteroatoms. The molecule has 1 amide bonds. The number of carbonyl (C=O) groups is 1. The van der Waals surface area contributed by atoms with Crippen LogP contribution in [-0.4, -0.2) is 12.2 Å². The first kappa shape index (κ1) is 11.3. The average molecular weight is 199 g/mol. The highest BCUT2D eigenvalue weighted by molar-refractivity contribution is 5.64. The van der Waals surface area contributed by atoms with Crippen molar-refractivity contribution in [3.63, 3.8) is 0 Å². The zero-order valence-corrected chi connectivity index (χ0v) is 9.32. The first-order valence-electron chi connectivity index (χ1n) is 5.46. The van der Waals surface area contributed by atoms with Crippen molar-refractivity contribution in [2.24, 2.45) is 23.5 Å². The van der Waals surface area contributed by atoms with E-state index < -0.39 is 6.09 Å². The van der Waals surface area contributed by atoms with Crippen LogP contribution in [0, 0.1) is 17.8 Å². The molecular formula is C11H21NO2. The van der Waals surface area contributed by atoms with E-state index in [2.05, 4.69) is 20.8 Å². The van der Waals surface area contributed by atoms with Crippen LogP contribution in [0.15, 0.2) is 0 Å². The monoisotopic (exact) mass is 199 g/mol.